The number of nitrogens with one attached hydrogen (secondary N) is 8. The maximum atomic E-state index is 5.70. The van der Waals surface area contributed by atoms with E-state index in [1.807, 2.05) is 0 Å². The lowest BCUT2D eigenvalue weighted by Crippen LogP contribution is -2.67. The van der Waals surface area contributed by atoms with Gasteiger partial charge in [-0.2, -0.15) is 0 Å². The number of unbranched alkanes of at least 4 members (excludes halogenated alkanes) is 4. The van der Waals surface area contributed by atoms with E-state index in [2.05, 4.69) is 55.4 Å². The van der Waals surface area contributed by atoms with Gasteiger partial charge in [0.1, 0.15) is 0 Å². The number of terminal acetylenes is 1. The molecule has 3 aliphatic heterocycles. The van der Waals surface area contributed by atoms with E-state index < -0.39 is 0 Å². The van der Waals surface area contributed by atoms with Gasteiger partial charge in [0.2, 0.25) is 0 Å². The van der Waals surface area contributed by atoms with Gasteiger partial charge in [0.15, 0.2) is 5.11 Å². The first kappa shape index (κ1) is 28.2. The van der Waals surface area contributed by atoms with Crippen molar-refractivity contribution in [3.8, 4) is 12.3 Å². The van der Waals surface area contributed by atoms with E-state index in [0.29, 0.717) is 0 Å². The number of hydrogen-bond acceptors (Lipinski definition) is 7. The summed E-state index contributed by atoms with van der Waals surface area (Å²) >= 11 is 5.70. The zero-order valence-electron chi connectivity index (χ0n) is 20.7. The van der Waals surface area contributed by atoms with Gasteiger partial charge in [-0.15, -0.1) is 12.3 Å². The highest BCUT2D eigenvalue weighted by Crippen LogP contribution is 2.12. The predicted octanol–water partition coefficient (Wildman–Crippen LogP) is -0.656. The minimum atomic E-state index is -0.209. The molecule has 3 aliphatic rings. The first-order valence-electron chi connectivity index (χ1n) is 12.8. The highest BCUT2D eigenvalue weighted by atomic mass is 32.1. The SMILES string of the molecule is C#CCCCCCCNC(=S)NC12CNCCNCC(C)(CNCCNC1)CNCCNC2. The summed E-state index contributed by atoms with van der Waals surface area (Å²) in [5, 5.41) is 29.8. The molecule has 0 spiro atoms. The second-order valence-corrected chi connectivity index (χ2v) is 10.3. The molecule has 0 atom stereocenters. The molecule has 3 saturated heterocycles. The van der Waals surface area contributed by atoms with Crippen molar-refractivity contribution in [1.29, 1.82) is 0 Å². The fourth-order valence-corrected chi connectivity index (χ4v) is 4.70. The Morgan fingerprint density at radius 2 is 1.21 bits per heavy atom. The minimum Gasteiger partial charge on any atom is -0.363 e. The molecule has 3 rings (SSSR count). The molecule has 0 unspecified atom stereocenters. The quantitative estimate of drug-likeness (QED) is 0.137. The highest BCUT2D eigenvalue weighted by Gasteiger charge is 2.31. The summed E-state index contributed by atoms with van der Waals surface area (Å²) in [6, 6.07) is 0. The zero-order chi connectivity index (χ0) is 23.7. The smallest absolute Gasteiger partial charge is 0.166 e. The molecule has 8 nitrogen and oxygen atoms in total. The molecule has 0 saturated carbocycles. The van der Waals surface area contributed by atoms with Gasteiger partial charge < -0.3 is 42.5 Å². The fraction of sp³-hybridized carbons (Fsp3) is 0.875. The molecule has 9 heteroatoms. The van der Waals surface area contributed by atoms with Crippen molar-refractivity contribution in [2.45, 2.75) is 44.6 Å². The van der Waals surface area contributed by atoms with Crippen molar-refractivity contribution >= 4 is 17.3 Å². The summed E-state index contributed by atoms with van der Waals surface area (Å²) in [6.07, 6.45) is 10.8. The van der Waals surface area contributed by atoms with Crippen LogP contribution in [0.5, 0.6) is 0 Å². The van der Waals surface area contributed by atoms with E-state index in [0.717, 1.165) is 109 Å². The maximum Gasteiger partial charge on any atom is 0.166 e. The van der Waals surface area contributed by atoms with Gasteiger partial charge in [-0.3, -0.25) is 0 Å². The molecule has 0 aromatic heterocycles. The molecular weight excluding hydrogens is 432 g/mol. The van der Waals surface area contributed by atoms with E-state index in [9.17, 15) is 0 Å². The van der Waals surface area contributed by atoms with Crippen molar-refractivity contribution < 1.29 is 0 Å². The van der Waals surface area contributed by atoms with Crippen molar-refractivity contribution in [2.75, 3.05) is 85.1 Å². The summed E-state index contributed by atoms with van der Waals surface area (Å²) in [7, 11) is 0. The molecular formula is C24H48N8S. The number of fused-ring (bicyclic) bond motifs is 15. The third kappa shape index (κ3) is 12.3. The van der Waals surface area contributed by atoms with Crippen LogP contribution in [0.4, 0.5) is 0 Å². The lowest BCUT2D eigenvalue weighted by Gasteiger charge is -2.38. The summed E-state index contributed by atoms with van der Waals surface area (Å²) in [4.78, 5) is 0. The Bertz CT molecular complexity index is 536. The van der Waals surface area contributed by atoms with Crippen molar-refractivity contribution in [2.24, 2.45) is 5.41 Å². The highest BCUT2D eigenvalue weighted by molar-refractivity contribution is 7.80. The van der Waals surface area contributed by atoms with Crippen LogP contribution < -0.4 is 42.5 Å². The average molecular weight is 481 g/mol. The lowest BCUT2D eigenvalue weighted by atomic mass is 9.90. The lowest BCUT2D eigenvalue weighted by molar-refractivity contribution is 0.260. The third-order valence-electron chi connectivity index (χ3n) is 6.39. The van der Waals surface area contributed by atoms with Crippen molar-refractivity contribution in [1.82, 2.24) is 42.5 Å². The van der Waals surface area contributed by atoms with E-state index in [-0.39, 0.29) is 11.0 Å². The largest absolute Gasteiger partial charge is 0.363 e. The van der Waals surface area contributed by atoms with Crippen LogP contribution in [0.3, 0.4) is 0 Å². The predicted molar refractivity (Wildman–Crippen MR) is 144 cm³/mol. The number of rotatable bonds is 7. The Kier molecular flexibility index (Phi) is 14.2. The molecule has 190 valence electrons. The molecule has 0 radical (unpaired) electrons. The van der Waals surface area contributed by atoms with Crippen LogP contribution in [0.2, 0.25) is 0 Å². The molecule has 0 aromatic carbocycles. The summed E-state index contributed by atoms with van der Waals surface area (Å²) in [5.74, 6) is 2.71. The van der Waals surface area contributed by atoms with Crippen LogP contribution >= 0.6 is 12.2 Å². The van der Waals surface area contributed by atoms with Crippen molar-refractivity contribution in [3.05, 3.63) is 0 Å². The molecule has 0 aromatic rings. The van der Waals surface area contributed by atoms with Gasteiger partial charge in [-0.05, 0) is 25.1 Å². The maximum absolute atomic E-state index is 5.70. The monoisotopic (exact) mass is 480 g/mol. The second-order valence-electron chi connectivity index (χ2n) is 9.90. The Balaban J connectivity index is 1.94. The fourth-order valence-electron chi connectivity index (χ4n) is 4.38. The topological polar surface area (TPSA) is 96.2 Å². The van der Waals surface area contributed by atoms with Crippen LogP contribution in [0, 0.1) is 17.8 Å². The summed E-state index contributed by atoms with van der Waals surface area (Å²) in [5.41, 5.74) is -0.0155. The van der Waals surface area contributed by atoms with Crippen LogP contribution in [0.1, 0.15) is 39.0 Å². The van der Waals surface area contributed by atoms with E-state index in [1.165, 1.54) is 12.8 Å². The van der Waals surface area contributed by atoms with Crippen molar-refractivity contribution in [3.63, 3.8) is 0 Å². The Hall–Kier alpha value is -0.990. The van der Waals surface area contributed by atoms with Crippen LogP contribution in [0.25, 0.3) is 0 Å². The Labute approximate surface area is 207 Å². The normalized spacial score (nSPS) is 28.2. The van der Waals surface area contributed by atoms with E-state index in [1.54, 1.807) is 0 Å². The molecule has 8 N–H and O–H groups in total. The molecule has 3 fully saturated rings. The van der Waals surface area contributed by atoms with Gasteiger partial charge in [-0.25, -0.2) is 0 Å². The average Bonchev–Trinajstić information content (AvgIpc) is 2.79. The van der Waals surface area contributed by atoms with E-state index in [4.69, 9.17) is 18.6 Å². The van der Waals surface area contributed by atoms with Gasteiger partial charge in [-0.1, -0.05) is 19.8 Å². The van der Waals surface area contributed by atoms with Crippen LogP contribution in [0.15, 0.2) is 0 Å². The van der Waals surface area contributed by atoms with Crippen LogP contribution in [-0.2, 0) is 0 Å². The van der Waals surface area contributed by atoms with Gasteiger partial charge in [0.25, 0.3) is 0 Å². The first-order valence-corrected chi connectivity index (χ1v) is 13.2. The van der Waals surface area contributed by atoms with Gasteiger partial charge in [0.05, 0.1) is 5.54 Å². The molecule has 33 heavy (non-hydrogen) atoms. The first-order chi connectivity index (χ1) is 16.1. The van der Waals surface area contributed by atoms with Gasteiger partial charge in [0, 0.05) is 96.9 Å². The van der Waals surface area contributed by atoms with E-state index >= 15 is 0 Å². The molecule has 0 amide bonds. The molecule has 3 heterocycles. The number of thiocarbonyl (C=S) groups is 1. The molecule has 0 aliphatic carbocycles. The molecule has 2 bridgehead atoms. The standard InChI is InChI=1S/C24H48N8S/c1-3-4-5-6-7-8-9-31-22(33)32-24-19-28-13-10-25-16-23(2,17-26-11-14-29-20-24)18-27-12-15-30-21-24/h1,25-30H,4-21H2,2H3,(H2,31,32,33). The Morgan fingerprint density at radius 1 is 0.758 bits per heavy atom. The second kappa shape index (κ2) is 16.6. The summed E-state index contributed by atoms with van der Waals surface area (Å²) < 4.78 is 0. The Morgan fingerprint density at radius 3 is 1.70 bits per heavy atom. The van der Waals surface area contributed by atoms with Crippen LogP contribution in [-0.4, -0.2) is 95.7 Å². The third-order valence-corrected chi connectivity index (χ3v) is 6.64. The zero-order valence-corrected chi connectivity index (χ0v) is 21.5. The minimum absolute atomic E-state index is 0.193. The number of hydrogen-bond donors (Lipinski definition) is 8. The summed E-state index contributed by atoms with van der Waals surface area (Å²) in [6.45, 7) is 14.4. The van der Waals surface area contributed by atoms with Gasteiger partial charge >= 0.3 is 0 Å².